The van der Waals surface area contributed by atoms with Crippen LogP contribution in [0.2, 0.25) is 0 Å². The molecule has 1 aliphatic heterocycles. The number of furan rings is 1. The van der Waals surface area contributed by atoms with Crippen molar-refractivity contribution in [2.75, 3.05) is 7.05 Å². The molecule has 2 heterocycles. The van der Waals surface area contributed by atoms with Crippen molar-refractivity contribution in [3.63, 3.8) is 0 Å². The number of fused-ring (bicyclic) bond motifs is 1. The van der Waals surface area contributed by atoms with Gasteiger partial charge in [-0.1, -0.05) is 12.1 Å². The molecule has 146 valence electrons. The first-order valence-electron chi connectivity index (χ1n) is 8.42. The Morgan fingerprint density at radius 1 is 1.10 bits per heavy atom. The van der Waals surface area contributed by atoms with Gasteiger partial charge in [0.05, 0.1) is 11.1 Å². The lowest BCUT2D eigenvalue weighted by Gasteiger charge is -2.11. The molecular weight excluding hydrogens is 396 g/mol. The molecule has 10 heteroatoms. The first-order valence-corrected chi connectivity index (χ1v) is 9.86. The molecule has 0 bridgehead atoms. The van der Waals surface area contributed by atoms with Gasteiger partial charge in [0.2, 0.25) is 0 Å². The quantitative estimate of drug-likeness (QED) is 0.370. The second-order valence-electron chi connectivity index (χ2n) is 6.16. The van der Waals surface area contributed by atoms with Gasteiger partial charge in [-0.15, -0.1) is 4.40 Å². The average molecular weight is 410 g/mol. The topological polar surface area (TPSA) is 118 Å². The summed E-state index contributed by atoms with van der Waals surface area (Å²) in [6.07, 6.45) is 1.44. The molecule has 29 heavy (non-hydrogen) atoms. The number of benzene rings is 2. The molecule has 3 aromatic rings. The fraction of sp³-hybridized carbons (Fsp3) is 0.0526. The van der Waals surface area contributed by atoms with Crippen LogP contribution in [0.1, 0.15) is 11.3 Å². The Labute approximate surface area is 165 Å². The molecule has 2 aromatic carbocycles. The molecule has 0 N–H and O–H groups in total. The molecule has 1 aliphatic rings. The number of hydrazone groups is 1. The maximum Gasteiger partial charge on any atom is 0.285 e. The molecule has 0 unspecified atom stereocenters. The van der Waals surface area contributed by atoms with Gasteiger partial charge in [0.15, 0.2) is 5.84 Å². The number of nitro groups is 1. The van der Waals surface area contributed by atoms with Crippen molar-refractivity contribution in [1.29, 1.82) is 0 Å². The Bertz CT molecular complexity index is 1260. The van der Waals surface area contributed by atoms with Gasteiger partial charge in [-0.05, 0) is 36.4 Å². The molecule has 9 nitrogen and oxygen atoms in total. The van der Waals surface area contributed by atoms with Gasteiger partial charge in [0, 0.05) is 30.3 Å². The van der Waals surface area contributed by atoms with Crippen LogP contribution in [-0.4, -0.2) is 37.4 Å². The van der Waals surface area contributed by atoms with E-state index < -0.39 is 14.9 Å². The highest BCUT2D eigenvalue weighted by molar-refractivity contribution is 7.90. The standard InChI is InChI=1S/C19H14N4O5S/c1-22(19-16-4-2-3-5-18(16)29(26,27)21-19)20-12-15-10-11-17(28-15)13-6-8-14(9-7-13)23(24)25/h2-12H,1H3/b20-12-. The summed E-state index contributed by atoms with van der Waals surface area (Å²) in [5, 5.41) is 16.3. The Kier molecular flexibility index (Phi) is 4.47. The van der Waals surface area contributed by atoms with Gasteiger partial charge >= 0.3 is 0 Å². The van der Waals surface area contributed by atoms with E-state index in [-0.39, 0.29) is 16.4 Å². The average Bonchev–Trinajstić information content (AvgIpc) is 3.29. The van der Waals surface area contributed by atoms with Gasteiger partial charge in [0.25, 0.3) is 15.7 Å². The number of hydrogen-bond acceptors (Lipinski definition) is 7. The Morgan fingerprint density at radius 2 is 1.83 bits per heavy atom. The Hall–Kier alpha value is -3.79. The van der Waals surface area contributed by atoms with Crippen molar-refractivity contribution >= 4 is 27.8 Å². The first kappa shape index (κ1) is 18.6. The van der Waals surface area contributed by atoms with Crippen LogP contribution >= 0.6 is 0 Å². The van der Waals surface area contributed by atoms with Crippen LogP contribution in [0.5, 0.6) is 0 Å². The van der Waals surface area contributed by atoms with Crippen molar-refractivity contribution in [2.24, 2.45) is 9.50 Å². The number of sulfonamides is 1. The predicted octanol–water partition coefficient (Wildman–Crippen LogP) is 3.27. The second-order valence-corrected chi connectivity index (χ2v) is 7.73. The summed E-state index contributed by atoms with van der Waals surface area (Å²) in [5.74, 6) is 1.18. The SMILES string of the molecule is CN(/N=C\c1ccc(-c2ccc([N+](=O)[O-])cc2)o1)C1=NS(=O)(=O)c2ccccc21. The van der Waals surface area contributed by atoms with E-state index >= 15 is 0 Å². The zero-order valence-electron chi connectivity index (χ0n) is 15.1. The minimum Gasteiger partial charge on any atom is -0.455 e. The van der Waals surface area contributed by atoms with E-state index in [1.54, 1.807) is 49.5 Å². The zero-order chi connectivity index (χ0) is 20.6. The van der Waals surface area contributed by atoms with Gasteiger partial charge in [0.1, 0.15) is 16.4 Å². The van der Waals surface area contributed by atoms with E-state index in [0.717, 1.165) is 0 Å². The Morgan fingerprint density at radius 3 is 2.55 bits per heavy atom. The summed E-state index contributed by atoms with van der Waals surface area (Å²) < 4.78 is 33.8. The molecular formula is C19H14N4O5S. The highest BCUT2D eigenvalue weighted by Gasteiger charge is 2.30. The minimum atomic E-state index is -3.72. The molecule has 4 rings (SSSR count). The van der Waals surface area contributed by atoms with E-state index in [9.17, 15) is 18.5 Å². The second kappa shape index (κ2) is 6.99. The third-order valence-electron chi connectivity index (χ3n) is 4.27. The third kappa shape index (κ3) is 3.52. The molecule has 0 atom stereocenters. The van der Waals surface area contributed by atoms with Crippen molar-refractivity contribution in [3.05, 3.63) is 82.1 Å². The summed E-state index contributed by atoms with van der Waals surface area (Å²) in [5.41, 5.74) is 1.17. The lowest BCUT2D eigenvalue weighted by molar-refractivity contribution is -0.384. The number of nitrogens with zero attached hydrogens (tertiary/aromatic N) is 4. The van der Waals surface area contributed by atoms with Crippen LogP contribution in [-0.2, 0) is 10.0 Å². The number of non-ortho nitro benzene ring substituents is 1. The van der Waals surface area contributed by atoms with E-state index in [2.05, 4.69) is 9.50 Å². The van der Waals surface area contributed by atoms with Gasteiger partial charge < -0.3 is 4.42 Å². The molecule has 0 saturated heterocycles. The largest absolute Gasteiger partial charge is 0.455 e. The number of amidine groups is 1. The highest BCUT2D eigenvalue weighted by Crippen LogP contribution is 2.27. The fourth-order valence-corrected chi connectivity index (χ4v) is 4.08. The maximum atomic E-state index is 12.1. The smallest absolute Gasteiger partial charge is 0.285 e. The van der Waals surface area contributed by atoms with Crippen molar-refractivity contribution in [1.82, 2.24) is 5.01 Å². The van der Waals surface area contributed by atoms with Crippen LogP contribution in [0, 0.1) is 10.1 Å². The molecule has 0 radical (unpaired) electrons. The number of hydrogen-bond donors (Lipinski definition) is 0. The molecule has 1 aromatic heterocycles. The highest BCUT2D eigenvalue weighted by atomic mass is 32.2. The van der Waals surface area contributed by atoms with E-state index in [0.29, 0.717) is 22.6 Å². The van der Waals surface area contributed by atoms with Crippen molar-refractivity contribution in [3.8, 4) is 11.3 Å². The van der Waals surface area contributed by atoms with Crippen molar-refractivity contribution in [2.45, 2.75) is 4.90 Å². The molecule has 0 aliphatic carbocycles. The zero-order valence-corrected chi connectivity index (χ0v) is 15.9. The van der Waals surface area contributed by atoms with Crippen LogP contribution in [0.3, 0.4) is 0 Å². The summed E-state index contributed by atoms with van der Waals surface area (Å²) >= 11 is 0. The van der Waals surface area contributed by atoms with Crippen LogP contribution in [0.4, 0.5) is 5.69 Å². The predicted molar refractivity (Wildman–Crippen MR) is 106 cm³/mol. The van der Waals surface area contributed by atoms with Gasteiger partial charge in [-0.3, -0.25) is 10.1 Å². The monoisotopic (exact) mass is 410 g/mol. The van der Waals surface area contributed by atoms with Gasteiger partial charge in [-0.25, -0.2) is 5.01 Å². The Balaban J connectivity index is 1.54. The van der Waals surface area contributed by atoms with Crippen LogP contribution in [0.15, 0.2) is 79.5 Å². The lowest BCUT2D eigenvalue weighted by Crippen LogP contribution is -2.21. The fourth-order valence-electron chi connectivity index (χ4n) is 2.84. The molecule has 0 saturated carbocycles. The minimum absolute atomic E-state index is 0.00344. The van der Waals surface area contributed by atoms with Gasteiger partial charge in [-0.2, -0.15) is 13.5 Å². The van der Waals surface area contributed by atoms with Crippen molar-refractivity contribution < 1.29 is 17.8 Å². The normalized spacial score (nSPS) is 14.6. The maximum absolute atomic E-state index is 12.1. The molecule has 0 spiro atoms. The molecule has 0 amide bonds. The lowest BCUT2D eigenvalue weighted by atomic mass is 10.1. The third-order valence-corrected chi connectivity index (χ3v) is 5.59. The first-order chi connectivity index (χ1) is 13.8. The summed E-state index contributed by atoms with van der Waals surface area (Å²) in [7, 11) is -2.13. The van der Waals surface area contributed by atoms with E-state index in [1.807, 2.05) is 0 Å². The number of rotatable bonds is 4. The van der Waals surface area contributed by atoms with E-state index in [4.69, 9.17) is 4.42 Å². The number of nitro benzene ring substituents is 1. The van der Waals surface area contributed by atoms with E-state index in [1.165, 1.54) is 29.4 Å². The summed E-state index contributed by atoms with van der Waals surface area (Å²) in [4.78, 5) is 10.4. The van der Waals surface area contributed by atoms with Crippen LogP contribution < -0.4 is 0 Å². The summed E-state index contributed by atoms with van der Waals surface area (Å²) in [6.45, 7) is 0. The van der Waals surface area contributed by atoms with Crippen LogP contribution in [0.25, 0.3) is 11.3 Å². The molecule has 0 fully saturated rings. The summed E-state index contributed by atoms with van der Waals surface area (Å²) in [6, 6.07) is 15.9.